The SMILES string of the molecule is C[N+]1=CC(c2csc3cc4c5ccccc5n(-c5[c-]c6c(-c7ccccn7)coc6o5)c4[c-]c23)N=C1.[Zn+2]. The summed E-state index contributed by atoms with van der Waals surface area (Å²) in [5.74, 6) is 0.983. The molecule has 5 aromatic heterocycles. The van der Waals surface area contributed by atoms with Gasteiger partial charge in [0.15, 0.2) is 11.8 Å². The summed E-state index contributed by atoms with van der Waals surface area (Å²) in [6, 6.07) is 23.6. The number of pyridine rings is 1. The van der Waals surface area contributed by atoms with Crippen molar-refractivity contribution in [3.8, 4) is 17.1 Å². The second-order valence-electron chi connectivity index (χ2n) is 8.90. The molecule has 0 spiro atoms. The van der Waals surface area contributed by atoms with Gasteiger partial charge in [-0.05, 0) is 29.1 Å². The summed E-state index contributed by atoms with van der Waals surface area (Å²) in [5.41, 5.74) is 4.79. The summed E-state index contributed by atoms with van der Waals surface area (Å²) >= 11 is 1.73. The molecule has 172 valence electrons. The number of hydrogen-bond donors (Lipinski definition) is 0. The molecule has 0 bridgehead atoms. The predicted molar refractivity (Wildman–Crippen MR) is 143 cm³/mol. The van der Waals surface area contributed by atoms with Crippen LogP contribution < -0.4 is 0 Å². The van der Waals surface area contributed by atoms with Gasteiger partial charge in [-0.3, -0.25) is 4.98 Å². The maximum Gasteiger partial charge on any atom is 2.00 e. The van der Waals surface area contributed by atoms with E-state index in [1.165, 1.54) is 4.70 Å². The zero-order valence-corrected chi connectivity index (χ0v) is 23.6. The number of hydrogen-bond acceptors (Lipinski definition) is 5. The molecule has 6 nitrogen and oxygen atoms in total. The van der Waals surface area contributed by atoms with Crippen molar-refractivity contribution >= 4 is 66.9 Å². The van der Waals surface area contributed by atoms with Crippen LogP contribution in [0.15, 0.2) is 80.2 Å². The average Bonchev–Trinajstić information content (AvgIpc) is 3.71. The van der Waals surface area contributed by atoms with E-state index in [9.17, 15) is 0 Å². The minimum absolute atomic E-state index is 0. The zero-order valence-electron chi connectivity index (χ0n) is 19.8. The summed E-state index contributed by atoms with van der Waals surface area (Å²) in [7, 11) is 2.00. The van der Waals surface area contributed by atoms with E-state index in [2.05, 4.69) is 62.5 Å². The normalized spacial score (nSPS) is 15.3. The number of aliphatic imine (C=N–C) groups is 1. The third-order valence-electron chi connectivity index (χ3n) is 6.71. The van der Waals surface area contributed by atoms with Gasteiger partial charge in [0, 0.05) is 23.7 Å². The standard InChI is InChI=1S/C29H17N4O2S.Zn/c1-32-13-24(31-16-32)22-15-36-27-11-18-17-6-2-3-8-25(17)33(26(18)10-19(22)27)28-12-20-21(14-34-29(20)35-28)23-7-4-5-9-30-23;/h2-9,11,13-16,24H,1H3;/q-1;+2. The van der Waals surface area contributed by atoms with Crippen molar-refractivity contribution in [1.29, 1.82) is 0 Å². The molecule has 7 aromatic rings. The van der Waals surface area contributed by atoms with Gasteiger partial charge in [0.25, 0.3) is 6.34 Å². The van der Waals surface area contributed by atoms with Gasteiger partial charge in [0.05, 0.1) is 7.05 Å². The van der Waals surface area contributed by atoms with Crippen molar-refractivity contribution in [3.63, 3.8) is 0 Å². The Morgan fingerprint density at radius 2 is 1.95 bits per heavy atom. The first-order chi connectivity index (χ1) is 17.7. The number of nitrogens with zero attached hydrogens (tertiary/aromatic N) is 4. The largest absolute Gasteiger partial charge is 2.00 e. The van der Waals surface area contributed by atoms with E-state index >= 15 is 0 Å². The quantitative estimate of drug-likeness (QED) is 0.138. The first-order valence-corrected chi connectivity index (χ1v) is 12.4. The number of fused-ring (bicyclic) bond motifs is 5. The van der Waals surface area contributed by atoms with Gasteiger partial charge in [-0.25, -0.2) is 15.9 Å². The molecule has 0 saturated heterocycles. The third-order valence-corrected chi connectivity index (χ3v) is 7.66. The smallest absolute Gasteiger partial charge is 0.504 e. The van der Waals surface area contributed by atoms with E-state index in [1.807, 2.05) is 42.2 Å². The Morgan fingerprint density at radius 1 is 1.05 bits per heavy atom. The molecule has 8 rings (SSSR count). The molecule has 8 heteroatoms. The summed E-state index contributed by atoms with van der Waals surface area (Å²) in [4.78, 5) is 9.13. The van der Waals surface area contributed by atoms with Crippen LogP contribution in [0.5, 0.6) is 0 Å². The van der Waals surface area contributed by atoms with E-state index < -0.39 is 0 Å². The van der Waals surface area contributed by atoms with E-state index in [0.29, 0.717) is 11.7 Å². The van der Waals surface area contributed by atoms with Crippen LogP contribution in [0.2, 0.25) is 0 Å². The van der Waals surface area contributed by atoms with Crippen LogP contribution in [-0.4, -0.2) is 33.7 Å². The Kier molecular flexibility index (Phi) is 5.03. The van der Waals surface area contributed by atoms with Gasteiger partial charge >= 0.3 is 19.5 Å². The number of thiophene rings is 1. The minimum Gasteiger partial charge on any atom is -0.504 e. The second-order valence-corrected chi connectivity index (χ2v) is 9.81. The van der Waals surface area contributed by atoms with E-state index in [1.54, 1.807) is 23.8 Å². The molecule has 6 heterocycles. The number of rotatable bonds is 3. The number of para-hydroxylation sites is 1. The maximum atomic E-state index is 6.23. The molecular formula is C29H17N4O2SZn+. The van der Waals surface area contributed by atoms with E-state index in [0.717, 1.165) is 49.4 Å². The molecule has 0 N–H and O–H groups in total. The fraction of sp³-hybridized carbons (Fsp3) is 0.0690. The van der Waals surface area contributed by atoms with Crippen LogP contribution in [0.3, 0.4) is 0 Å². The van der Waals surface area contributed by atoms with E-state index in [4.69, 9.17) is 8.83 Å². The molecule has 0 aliphatic carbocycles. The summed E-state index contributed by atoms with van der Waals surface area (Å²) < 4.78 is 17.3. The molecule has 2 aromatic carbocycles. The predicted octanol–water partition coefficient (Wildman–Crippen LogP) is 6.79. The van der Waals surface area contributed by atoms with Crippen molar-refractivity contribution in [1.82, 2.24) is 9.55 Å². The number of benzene rings is 2. The third kappa shape index (κ3) is 3.29. The molecule has 1 aliphatic rings. The van der Waals surface area contributed by atoms with Crippen molar-refractivity contribution < 1.29 is 32.9 Å². The Hall–Kier alpha value is -3.87. The van der Waals surface area contributed by atoms with Crippen molar-refractivity contribution in [3.05, 3.63) is 84.1 Å². The van der Waals surface area contributed by atoms with Gasteiger partial charge in [0.1, 0.15) is 12.1 Å². The van der Waals surface area contributed by atoms with Crippen LogP contribution in [0.4, 0.5) is 0 Å². The van der Waals surface area contributed by atoms with Crippen LogP contribution in [0, 0.1) is 12.1 Å². The summed E-state index contributed by atoms with van der Waals surface area (Å²) in [5, 5.41) is 6.29. The monoisotopic (exact) mass is 549 g/mol. The maximum absolute atomic E-state index is 6.23. The Bertz CT molecular complexity index is 2030. The van der Waals surface area contributed by atoms with Crippen molar-refractivity contribution in [2.45, 2.75) is 6.04 Å². The van der Waals surface area contributed by atoms with Crippen molar-refractivity contribution in [2.24, 2.45) is 4.99 Å². The van der Waals surface area contributed by atoms with Crippen LogP contribution in [0.1, 0.15) is 11.6 Å². The molecule has 1 aliphatic heterocycles. The zero-order chi connectivity index (χ0) is 23.8. The molecular weight excluding hydrogens is 534 g/mol. The van der Waals surface area contributed by atoms with Crippen LogP contribution >= 0.6 is 11.3 Å². The fourth-order valence-corrected chi connectivity index (χ4v) is 6.03. The van der Waals surface area contributed by atoms with Crippen molar-refractivity contribution in [2.75, 3.05) is 7.05 Å². The Labute approximate surface area is 227 Å². The fourth-order valence-electron chi connectivity index (χ4n) is 5.04. The average molecular weight is 551 g/mol. The number of aromatic nitrogens is 2. The molecule has 0 fully saturated rings. The second kappa shape index (κ2) is 8.33. The molecule has 0 amide bonds. The van der Waals surface area contributed by atoms with Gasteiger partial charge in [-0.1, -0.05) is 61.2 Å². The van der Waals surface area contributed by atoms with Crippen LogP contribution in [0.25, 0.3) is 60.2 Å². The summed E-state index contributed by atoms with van der Waals surface area (Å²) in [6.45, 7) is 0. The molecule has 1 unspecified atom stereocenters. The minimum atomic E-state index is -0.00581. The first-order valence-electron chi connectivity index (χ1n) is 11.6. The van der Waals surface area contributed by atoms with Gasteiger partial charge < -0.3 is 13.4 Å². The topological polar surface area (TPSA) is 59.5 Å². The van der Waals surface area contributed by atoms with E-state index in [-0.39, 0.29) is 25.5 Å². The van der Waals surface area contributed by atoms with Crippen LogP contribution in [-0.2, 0) is 19.5 Å². The number of furan rings is 2. The molecule has 0 radical (unpaired) electrons. The molecule has 1 atom stereocenters. The Balaban J connectivity index is 0.00000231. The van der Waals surface area contributed by atoms with Gasteiger partial charge in [0.2, 0.25) is 0 Å². The van der Waals surface area contributed by atoms with Gasteiger partial charge in [-0.15, -0.1) is 23.6 Å². The summed E-state index contributed by atoms with van der Waals surface area (Å²) in [6.07, 6.45) is 7.41. The molecule has 37 heavy (non-hydrogen) atoms. The molecule has 0 saturated carbocycles. The first kappa shape index (κ1) is 22.3. The Morgan fingerprint density at radius 3 is 2.78 bits per heavy atom. The van der Waals surface area contributed by atoms with Gasteiger partial charge in [-0.2, -0.15) is 0 Å².